The van der Waals surface area contributed by atoms with Crippen molar-refractivity contribution in [1.82, 2.24) is 0 Å². The smallest absolute Gasteiger partial charge is 0.0357 e. The van der Waals surface area contributed by atoms with Gasteiger partial charge in [0, 0.05) is 17.6 Å². The largest absolute Gasteiger partial charge is 0.140 e. The lowest BCUT2D eigenvalue weighted by Gasteiger charge is -1.94. The third kappa shape index (κ3) is 1.92. The Kier molecular flexibility index (Phi) is 2.95. The van der Waals surface area contributed by atoms with E-state index in [0.29, 0.717) is 0 Å². The van der Waals surface area contributed by atoms with Crippen LogP contribution >= 0.6 is 49.9 Å². The lowest BCUT2D eigenvalue weighted by molar-refractivity contribution is 1.19. The zero-order valence-corrected chi connectivity index (χ0v) is 11.7. The highest BCUT2D eigenvalue weighted by Crippen LogP contribution is 2.31. The molecule has 0 bridgehead atoms. The molecule has 0 saturated carbocycles. The maximum atomic E-state index is 3.55. The van der Waals surface area contributed by atoms with Gasteiger partial charge in [-0.15, -0.1) is 11.3 Å². The molecule has 0 aliphatic heterocycles. The number of hydrogen-bond donors (Lipinski definition) is 0. The van der Waals surface area contributed by atoms with Gasteiger partial charge >= 0.3 is 0 Å². The molecule has 0 aliphatic rings. The number of rotatable bonds is 1. The van der Waals surface area contributed by atoms with E-state index < -0.39 is 0 Å². The minimum absolute atomic E-state index is 1.13. The van der Waals surface area contributed by atoms with Crippen molar-refractivity contribution in [2.45, 2.75) is 13.3 Å². The maximum Gasteiger partial charge on any atom is 0.0357 e. The molecule has 0 fully saturated rings. The van der Waals surface area contributed by atoms with Crippen molar-refractivity contribution in [3.05, 3.63) is 31.1 Å². The van der Waals surface area contributed by atoms with Crippen molar-refractivity contribution < 1.29 is 0 Å². The van der Waals surface area contributed by atoms with Gasteiger partial charge in [0.1, 0.15) is 0 Å². The van der Waals surface area contributed by atoms with Gasteiger partial charge in [-0.05, 0) is 68.5 Å². The Bertz CT molecular complexity index is 408. The number of fused-ring (bicyclic) bond motifs is 1. The highest BCUT2D eigenvalue weighted by molar-refractivity contribution is 14.1. The number of hydrogen-bond acceptors (Lipinski definition) is 1. The SMILES string of the molecule is CCc1cc2cc(I)c(Br)cc2s1. The van der Waals surface area contributed by atoms with Gasteiger partial charge < -0.3 is 0 Å². The molecule has 0 nitrogen and oxygen atoms in total. The maximum absolute atomic E-state index is 3.55. The molecule has 0 radical (unpaired) electrons. The lowest BCUT2D eigenvalue weighted by Crippen LogP contribution is -1.72. The third-order valence-electron chi connectivity index (χ3n) is 1.96. The van der Waals surface area contributed by atoms with Gasteiger partial charge in [-0.1, -0.05) is 6.92 Å². The summed E-state index contributed by atoms with van der Waals surface area (Å²) in [5.74, 6) is 0. The van der Waals surface area contributed by atoms with Crippen molar-refractivity contribution in [3.63, 3.8) is 0 Å². The van der Waals surface area contributed by atoms with Crippen LogP contribution in [0, 0.1) is 3.57 Å². The van der Waals surface area contributed by atoms with Crippen LogP contribution in [0.4, 0.5) is 0 Å². The van der Waals surface area contributed by atoms with Crippen LogP contribution in [0.3, 0.4) is 0 Å². The third-order valence-corrected chi connectivity index (χ3v) is 5.49. The quantitative estimate of drug-likeness (QED) is 0.634. The molecule has 3 heteroatoms. The predicted molar refractivity (Wildman–Crippen MR) is 71.6 cm³/mol. The van der Waals surface area contributed by atoms with Crippen molar-refractivity contribution >= 4 is 59.9 Å². The van der Waals surface area contributed by atoms with Gasteiger partial charge in [-0.3, -0.25) is 0 Å². The molecule has 0 saturated heterocycles. The summed E-state index contributed by atoms with van der Waals surface area (Å²) < 4.78 is 3.86. The normalized spacial score (nSPS) is 11.0. The average Bonchev–Trinajstić information content (AvgIpc) is 2.48. The molecule has 0 aliphatic carbocycles. The lowest BCUT2D eigenvalue weighted by atomic mass is 10.2. The van der Waals surface area contributed by atoms with Crippen LogP contribution in [0.1, 0.15) is 11.8 Å². The first-order valence-electron chi connectivity index (χ1n) is 4.08. The minimum Gasteiger partial charge on any atom is -0.140 e. The Hall–Kier alpha value is 0.390. The van der Waals surface area contributed by atoms with Crippen molar-refractivity contribution in [1.29, 1.82) is 0 Å². The number of thiophene rings is 1. The zero-order chi connectivity index (χ0) is 9.42. The fourth-order valence-electron chi connectivity index (χ4n) is 1.26. The molecular weight excluding hydrogens is 359 g/mol. The summed E-state index contributed by atoms with van der Waals surface area (Å²) in [6, 6.07) is 6.73. The van der Waals surface area contributed by atoms with Crippen LogP contribution in [0.2, 0.25) is 0 Å². The molecule has 2 rings (SSSR count). The fourth-order valence-corrected chi connectivity index (χ4v) is 3.27. The van der Waals surface area contributed by atoms with E-state index in [-0.39, 0.29) is 0 Å². The number of aryl methyl sites for hydroxylation is 1. The first-order chi connectivity index (χ1) is 6.20. The van der Waals surface area contributed by atoms with Gasteiger partial charge in [0.2, 0.25) is 0 Å². The van der Waals surface area contributed by atoms with E-state index in [0.717, 1.165) is 6.42 Å². The van der Waals surface area contributed by atoms with Gasteiger partial charge in [0.15, 0.2) is 0 Å². The second kappa shape index (κ2) is 3.87. The van der Waals surface area contributed by atoms with E-state index in [1.165, 1.54) is 23.0 Å². The molecular formula is C10H8BrIS. The summed E-state index contributed by atoms with van der Waals surface area (Å²) in [5, 5.41) is 1.37. The Balaban J connectivity index is 2.70. The fraction of sp³-hybridized carbons (Fsp3) is 0.200. The molecule has 0 unspecified atom stereocenters. The van der Waals surface area contributed by atoms with Crippen molar-refractivity contribution in [2.75, 3.05) is 0 Å². The van der Waals surface area contributed by atoms with Crippen molar-refractivity contribution in [2.24, 2.45) is 0 Å². The average molecular weight is 367 g/mol. The van der Waals surface area contributed by atoms with Crippen LogP contribution in [0.15, 0.2) is 22.7 Å². The van der Waals surface area contributed by atoms with Crippen LogP contribution in [0.25, 0.3) is 10.1 Å². The predicted octanol–water partition coefficient (Wildman–Crippen LogP) is 4.83. The van der Waals surface area contributed by atoms with Crippen LogP contribution < -0.4 is 0 Å². The summed E-state index contributed by atoms with van der Waals surface area (Å²) in [4.78, 5) is 1.46. The van der Waals surface area contributed by atoms with Crippen molar-refractivity contribution in [3.8, 4) is 0 Å². The summed E-state index contributed by atoms with van der Waals surface area (Å²) in [6.07, 6.45) is 1.13. The molecule has 1 aromatic heterocycles. The second-order valence-electron chi connectivity index (χ2n) is 2.87. The number of halogens is 2. The molecule has 2 aromatic rings. The molecule has 1 heterocycles. The summed E-state index contributed by atoms with van der Waals surface area (Å²) in [5.41, 5.74) is 0. The number of benzene rings is 1. The zero-order valence-electron chi connectivity index (χ0n) is 7.10. The molecule has 0 N–H and O–H groups in total. The monoisotopic (exact) mass is 366 g/mol. The van der Waals surface area contributed by atoms with Crippen LogP contribution in [-0.4, -0.2) is 0 Å². The molecule has 0 atom stereocenters. The standard InChI is InChI=1S/C10H8BrIS/c1-2-7-3-6-4-9(12)8(11)5-10(6)13-7/h3-5H,2H2,1H3. The molecule has 0 spiro atoms. The van der Waals surface area contributed by atoms with Gasteiger partial charge in [-0.2, -0.15) is 0 Å². The highest BCUT2D eigenvalue weighted by atomic mass is 127. The van der Waals surface area contributed by atoms with Crippen LogP contribution in [-0.2, 0) is 6.42 Å². The minimum atomic E-state index is 1.13. The second-order valence-corrected chi connectivity index (χ2v) is 6.06. The van der Waals surface area contributed by atoms with E-state index >= 15 is 0 Å². The highest BCUT2D eigenvalue weighted by Gasteiger charge is 2.03. The first kappa shape index (κ1) is 9.93. The van der Waals surface area contributed by atoms with Crippen LogP contribution in [0.5, 0.6) is 0 Å². The topological polar surface area (TPSA) is 0 Å². The Morgan fingerprint density at radius 3 is 2.85 bits per heavy atom. The molecule has 0 amide bonds. The molecule has 68 valence electrons. The van der Waals surface area contributed by atoms with E-state index in [4.69, 9.17) is 0 Å². The Labute approximate surface area is 104 Å². The van der Waals surface area contributed by atoms with Gasteiger partial charge in [0.05, 0.1) is 0 Å². The van der Waals surface area contributed by atoms with E-state index in [2.05, 4.69) is 63.6 Å². The Morgan fingerprint density at radius 1 is 1.38 bits per heavy atom. The summed E-state index contributed by atoms with van der Waals surface area (Å²) >= 11 is 7.78. The molecule has 1 aromatic carbocycles. The van der Waals surface area contributed by atoms with E-state index in [1.807, 2.05) is 11.3 Å². The van der Waals surface area contributed by atoms with E-state index in [9.17, 15) is 0 Å². The summed E-state index contributed by atoms with van der Waals surface area (Å²) in [7, 11) is 0. The first-order valence-corrected chi connectivity index (χ1v) is 6.77. The van der Waals surface area contributed by atoms with Gasteiger partial charge in [0.25, 0.3) is 0 Å². The Morgan fingerprint density at radius 2 is 2.15 bits per heavy atom. The molecule has 13 heavy (non-hydrogen) atoms. The summed E-state index contributed by atoms with van der Waals surface area (Å²) in [6.45, 7) is 2.20. The van der Waals surface area contributed by atoms with E-state index in [1.54, 1.807) is 0 Å². The van der Waals surface area contributed by atoms with Gasteiger partial charge in [-0.25, -0.2) is 0 Å².